The van der Waals surface area contributed by atoms with Crippen molar-refractivity contribution in [2.75, 3.05) is 31.1 Å². The maximum absolute atomic E-state index is 12.1. The number of aromatic nitrogens is 2. The molecule has 108 valence electrons. The fourth-order valence-electron chi connectivity index (χ4n) is 2.20. The molecule has 2 aromatic rings. The first-order valence-electron chi connectivity index (χ1n) is 6.87. The van der Waals surface area contributed by atoms with Crippen LogP contribution >= 0.6 is 0 Å². The predicted octanol–water partition coefficient (Wildman–Crippen LogP) is 1.80. The highest BCUT2D eigenvalue weighted by Gasteiger charge is 2.23. The largest absolute Gasteiger partial charge is 0.415 e. The number of ether oxygens (including phenoxy) is 1. The number of amides is 1. The minimum Gasteiger partial charge on any atom is -0.410 e. The van der Waals surface area contributed by atoms with Gasteiger partial charge in [-0.25, -0.2) is 14.8 Å². The molecule has 1 aliphatic rings. The third-order valence-corrected chi connectivity index (χ3v) is 3.32. The molecular formula is C15H16N4O2. The molecule has 0 bridgehead atoms. The molecule has 0 unspecified atom stereocenters. The summed E-state index contributed by atoms with van der Waals surface area (Å²) in [5, 5.41) is 0. The van der Waals surface area contributed by atoms with Crippen molar-refractivity contribution in [2.45, 2.75) is 0 Å². The molecule has 6 nitrogen and oxygen atoms in total. The van der Waals surface area contributed by atoms with Gasteiger partial charge in [0.1, 0.15) is 5.75 Å². The minimum atomic E-state index is -0.310. The van der Waals surface area contributed by atoms with Crippen molar-refractivity contribution in [1.82, 2.24) is 14.9 Å². The third-order valence-electron chi connectivity index (χ3n) is 3.32. The summed E-state index contributed by atoms with van der Waals surface area (Å²) >= 11 is 0. The van der Waals surface area contributed by atoms with Gasteiger partial charge in [0.15, 0.2) is 0 Å². The van der Waals surface area contributed by atoms with Gasteiger partial charge < -0.3 is 14.5 Å². The molecule has 1 amide bonds. The third kappa shape index (κ3) is 3.28. The average molecular weight is 284 g/mol. The lowest BCUT2D eigenvalue weighted by Crippen LogP contribution is -2.50. The summed E-state index contributed by atoms with van der Waals surface area (Å²) < 4.78 is 5.33. The maximum Gasteiger partial charge on any atom is 0.415 e. The van der Waals surface area contributed by atoms with E-state index >= 15 is 0 Å². The Morgan fingerprint density at radius 1 is 0.952 bits per heavy atom. The molecule has 3 rings (SSSR count). The number of carbonyl (C=O) groups excluding carboxylic acids is 1. The predicted molar refractivity (Wildman–Crippen MR) is 78.3 cm³/mol. The molecule has 1 fully saturated rings. The summed E-state index contributed by atoms with van der Waals surface area (Å²) in [6, 6.07) is 10.9. The van der Waals surface area contributed by atoms with E-state index in [1.807, 2.05) is 18.2 Å². The Morgan fingerprint density at radius 3 is 2.29 bits per heavy atom. The smallest absolute Gasteiger partial charge is 0.410 e. The molecule has 2 heterocycles. The van der Waals surface area contributed by atoms with Gasteiger partial charge in [-0.3, -0.25) is 0 Å². The zero-order valence-electron chi connectivity index (χ0n) is 11.6. The van der Waals surface area contributed by atoms with Crippen LogP contribution in [0.4, 0.5) is 10.7 Å². The minimum absolute atomic E-state index is 0.310. The van der Waals surface area contributed by atoms with E-state index < -0.39 is 0 Å². The number of hydrogen-bond acceptors (Lipinski definition) is 5. The van der Waals surface area contributed by atoms with Crippen LogP contribution in [0.15, 0.2) is 48.8 Å². The van der Waals surface area contributed by atoms with Crippen LogP contribution in [0.2, 0.25) is 0 Å². The molecule has 0 atom stereocenters. The van der Waals surface area contributed by atoms with Gasteiger partial charge in [-0.05, 0) is 18.2 Å². The summed E-state index contributed by atoms with van der Waals surface area (Å²) in [5.74, 6) is 1.27. The number of anilines is 1. The fraction of sp³-hybridized carbons (Fsp3) is 0.267. The van der Waals surface area contributed by atoms with E-state index in [0.717, 1.165) is 0 Å². The normalized spacial score (nSPS) is 14.9. The van der Waals surface area contributed by atoms with Gasteiger partial charge in [0.2, 0.25) is 5.95 Å². The number of benzene rings is 1. The van der Waals surface area contributed by atoms with E-state index in [1.54, 1.807) is 35.5 Å². The Labute approximate surface area is 123 Å². The highest BCUT2D eigenvalue weighted by Crippen LogP contribution is 2.13. The van der Waals surface area contributed by atoms with Gasteiger partial charge in [-0.15, -0.1) is 0 Å². The van der Waals surface area contributed by atoms with E-state index in [9.17, 15) is 4.79 Å². The molecule has 1 saturated heterocycles. The van der Waals surface area contributed by atoms with Crippen molar-refractivity contribution >= 4 is 12.0 Å². The van der Waals surface area contributed by atoms with E-state index in [2.05, 4.69) is 14.9 Å². The SMILES string of the molecule is O=C(Oc1ccccc1)N1CCN(c2ncccn2)CC1. The number of nitrogens with zero attached hydrogens (tertiary/aromatic N) is 4. The second-order valence-electron chi connectivity index (χ2n) is 4.70. The quantitative estimate of drug-likeness (QED) is 0.841. The number of piperazine rings is 1. The van der Waals surface area contributed by atoms with Crippen LogP contribution in [0.5, 0.6) is 5.75 Å². The van der Waals surface area contributed by atoms with Gasteiger partial charge in [0, 0.05) is 38.6 Å². The van der Waals surface area contributed by atoms with Crippen molar-refractivity contribution < 1.29 is 9.53 Å². The Bertz CT molecular complexity index is 583. The van der Waals surface area contributed by atoms with Crippen molar-refractivity contribution in [3.05, 3.63) is 48.8 Å². The monoisotopic (exact) mass is 284 g/mol. The van der Waals surface area contributed by atoms with Gasteiger partial charge in [-0.2, -0.15) is 0 Å². The van der Waals surface area contributed by atoms with Gasteiger partial charge in [0.25, 0.3) is 0 Å². The van der Waals surface area contributed by atoms with Gasteiger partial charge >= 0.3 is 6.09 Å². The lowest BCUT2D eigenvalue weighted by atomic mass is 10.3. The van der Waals surface area contributed by atoms with Crippen LogP contribution in [0.1, 0.15) is 0 Å². The molecule has 21 heavy (non-hydrogen) atoms. The number of rotatable bonds is 2. The molecule has 6 heteroatoms. The topological polar surface area (TPSA) is 58.6 Å². The Kier molecular flexibility index (Phi) is 3.95. The first-order valence-corrected chi connectivity index (χ1v) is 6.87. The van der Waals surface area contributed by atoms with E-state index in [-0.39, 0.29) is 6.09 Å². The standard InChI is InChI=1S/C15H16N4O2/c20-15(21-13-5-2-1-3-6-13)19-11-9-18(10-12-19)14-16-7-4-8-17-14/h1-8H,9-12H2. The first-order chi connectivity index (χ1) is 10.3. The summed E-state index contributed by atoms with van der Waals surface area (Å²) in [7, 11) is 0. The first kappa shape index (κ1) is 13.4. The molecule has 1 aromatic heterocycles. The van der Waals surface area contributed by atoms with Crippen molar-refractivity contribution in [3.63, 3.8) is 0 Å². The van der Waals surface area contributed by atoms with Crippen LogP contribution in [-0.2, 0) is 0 Å². The maximum atomic E-state index is 12.1. The zero-order valence-corrected chi connectivity index (χ0v) is 11.6. The van der Waals surface area contributed by atoms with Crippen LogP contribution in [0.25, 0.3) is 0 Å². The van der Waals surface area contributed by atoms with Crippen LogP contribution in [0, 0.1) is 0 Å². The molecule has 1 aromatic carbocycles. The molecule has 1 aliphatic heterocycles. The van der Waals surface area contributed by atoms with Gasteiger partial charge in [0.05, 0.1) is 0 Å². The van der Waals surface area contributed by atoms with Crippen molar-refractivity contribution in [3.8, 4) is 5.75 Å². The number of hydrogen-bond donors (Lipinski definition) is 0. The van der Waals surface area contributed by atoms with E-state index in [0.29, 0.717) is 37.9 Å². The molecular weight excluding hydrogens is 268 g/mol. The molecule has 0 radical (unpaired) electrons. The molecule has 0 aliphatic carbocycles. The molecule has 0 spiro atoms. The highest BCUT2D eigenvalue weighted by molar-refractivity contribution is 5.71. The summed E-state index contributed by atoms with van der Waals surface area (Å²) in [5.41, 5.74) is 0. The average Bonchev–Trinajstić information content (AvgIpc) is 2.57. The second kappa shape index (κ2) is 6.21. The van der Waals surface area contributed by atoms with Crippen LogP contribution in [-0.4, -0.2) is 47.1 Å². The van der Waals surface area contributed by atoms with Crippen molar-refractivity contribution in [1.29, 1.82) is 0 Å². The Balaban J connectivity index is 1.55. The summed E-state index contributed by atoms with van der Waals surface area (Å²) in [6.45, 7) is 2.61. The number of para-hydroxylation sites is 1. The van der Waals surface area contributed by atoms with Crippen molar-refractivity contribution in [2.24, 2.45) is 0 Å². The van der Waals surface area contributed by atoms with Crippen LogP contribution < -0.4 is 9.64 Å². The summed E-state index contributed by atoms with van der Waals surface area (Å²) in [6.07, 6.45) is 3.13. The Morgan fingerprint density at radius 2 is 1.62 bits per heavy atom. The number of carbonyl (C=O) groups is 1. The van der Waals surface area contributed by atoms with Crippen LogP contribution in [0.3, 0.4) is 0 Å². The highest BCUT2D eigenvalue weighted by atomic mass is 16.6. The zero-order chi connectivity index (χ0) is 14.5. The molecule has 0 saturated carbocycles. The Hall–Kier alpha value is -2.63. The van der Waals surface area contributed by atoms with E-state index in [1.165, 1.54) is 0 Å². The summed E-state index contributed by atoms with van der Waals surface area (Å²) in [4.78, 5) is 24.3. The second-order valence-corrected chi connectivity index (χ2v) is 4.70. The van der Waals surface area contributed by atoms with Gasteiger partial charge in [-0.1, -0.05) is 18.2 Å². The van der Waals surface area contributed by atoms with E-state index in [4.69, 9.17) is 4.74 Å². The molecule has 0 N–H and O–H groups in total. The lowest BCUT2D eigenvalue weighted by molar-refractivity contribution is 0.149. The fourth-order valence-corrected chi connectivity index (χ4v) is 2.20. The lowest BCUT2D eigenvalue weighted by Gasteiger charge is -2.33.